The van der Waals surface area contributed by atoms with Gasteiger partial charge in [0.25, 0.3) is 0 Å². The lowest BCUT2D eigenvalue weighted by atomic mass is 9.98. The van der Waals surface area contributed by atoms with E-state index in [4.69, 9.17) is 0 Å². The van der Waals surface area contributed by atoms with Crippen molar-refractivity contribution >= 4 is 12.1 Å². The van der Waals surface area contributed by atoms with Crippen molar-refractivity contribution in [2.45, 2.75) is 84.7 Å². The minimum atomic E-state index is 0.468. The summed E-state index contributed by atoms with van der Waals surface area (Å²) in [5.74, 6) is 0.499. The molecular weight excluding hydrogens is 336 g/mol. The van der Waals surface area contributed by atoms with Crippen LogP contribution >= 0.6 is 0 Å². The molecule has 1 fully saturated rings. The molecule has 0 bridgehead atoms. The fourth-order valence-corrected chi connectivity index (χ4v) is 3.70. The number of hydrogen-bond donors (Lipinski definition) is 2. The van der Waals surface area contributed by atoms with Crippen LogP contribution < -0.4 is 10.6 Å². The van der Waals surface area contributed by atoms with Gasteiger partial charge in [0.1, 0.15) is 0 Å². The number of carbonyl (C=O) groups is 1. The van der Waals surface area contributed by atoms with Gasteiger partial charge in [-0.2, -0.15) is 0 Å². The van der Waals surface area contributed by atoms with E-state index in [1.807, 2.05) is 26.2 Å². The van der Waals surface area contributed by atoms with Crippen molar-refractivity contribution < 1.29 is 4.79 Å². The first kappa shape index (κ1) is 23.4. The van der Waals surface area contributed by atoms with Crippen molar-refractivity contribution in [2.75, 3.05) is 25.0 Å². The summed E-state index contributed by atoms with van der Waals surface area (Å²) in [6.45, 7) is 13.6. The number of piperidine rings is 1. The maximum absolute atomic E-state index is 10.7. The third-order valence-corrected chi connectivity index (χ3v) is 5.21. The van der Waals surface area contributed by atoms with E-state index < -0.39 is 0 Å². The van der Waals surface area contributed by atoms with Gasteiger partial charge in [0, 0.05) is 37.9 Å². The molecule has 0 radical (unpaired) electrons. The van der Waals surface area contributed by atoms with E-state index in [2.05, 4.69) is 47.4 Å². The first-order valence-corrected chi connectivity index (χ1v) is 10.8. The van der Waals surface area contributed by atoms with Gasteiger partial charge in [-0.05, 0) is 36.8 Å². The number of hydrogen-bond acceptors (Lipinski definition) is 4. The van der Waals surface area contributed by atoms with Gasteiger partial charge in [-0.3, -0.25) is 14.7 Å². The molecule has 1 saturated heterocycles. The van der Waals surface area contributed by atoms with Crippen LogP contribution in [0.4, 0.5) is 5.69 Å². The molecule has 2 N–H and O–H groups in total. The van der Waals surface area contributed by atoms with Crippen LogP contribution in [0.15, 0.2) is 18.5 Å². The van der Waals surface area contributed by atoms with Crippen molar-refractivity contribution in [1.29, 1.82) is 0 Å². The zero-order chi connectivity index (χ0) is 20.1. The molecule has 1 atom stereocenters. The van der Waals surface area contributed by atoms with E-state index in [0.29, 0.717) is 18.0 Å². The Bertz CT molecular complexity index is 513. The number of nitrogens with one attached hydrogen (secondary N) is 2. The second-order valence-corrected chi connectivity index (χ2v) is 7.39. The Morgan fingerprint density at radius 1 is 1.30 bits per heavy atom. The monoisotopic (exact) mass is 376 g/mol. The summed E-state index contributed by atoms with van der Waals surface area (Å²) < 4.78 is 0. The molecule has 1 aliphatic rings. The lowest BCUT2D eigenvalue weighted by Crippen LogP contribution is -2.48. The second-order valence-electron chi connectivity index (χ2n) is 7.39. The minimum absolute atomic E-state index is 0.468. The molecule has 5 nitrogen and oxygen atoms in total. The van der Waals surface area contributed by atoms with Crippen molar-refractivity contribution in [3.8, 4) is 0 Å². The average Bonchev–Trinajstić information content (AvgIpc) is 2.71. The number of rotatable bonds is 10. The molecule has 1 unspecified atom stereocenters. The van der Waals surface area contributed by atoms with Crippen LogP contribution in [-0.4, -0.2) is 48.0 Å². The third kappa shape index (κ3) is 7.87. The lowest BCUT2D eigenvalue weighted by Gasteiger charge is -2.38. The van der Waals surface area contributed by atoms with E-state index in [-0.39, 0.29) is 0 Å². The fraction of sp³-hybridized carbons (Fsp3) is 0.727. The number of aromatic nitrogens is 1. The maximum Gasteiger partial charge on any atom is 0.207 e. The Balaban J connectivity index is 0.00000176. The summed E-state index contributed by atoms with van der Waals surface area (Å²) in [7, 11) is 0. The van der Waals surface area contributed by atoms with Crippen LogP contribution in [0.5, 0.6) is 0 Å². The number of pyridine rings is 1. The molecule has 0 spiro atoms. The molecule has 5 heteroatoms. The molecule has 2 rings (SSSR count). The van der Waals surface area contributed by atoms with Crippen LogP contribution in [0.1, 0.15) is 78.2 Å². The highest BCUT2D eigenvalue weighted by molar-refractivity contribution is 5.51. The highest BCUT2D eigenvalue weighted by atomic mass is 16.1. The number of amides is 1. The lowest BCUT2D eigenvalue weighted by molar-refractivity contribution is -0.109. The highest BCUT2D eigenvalue weighted by Gasteiger charge is 2.25. The van der Waals surface area contributed by atoms with Gasteiger partial charge >= 0.3 is 0 Å². The topological polar surface area (TPSA) is 57.3 Å². The molecule has 1 aliphatic heterocycles. The molecule has 27 heavy (non-hydrogen) atoms. The third-order valence-electron chi connectivity index (χ3n) is 5.21. The smallest absolute Gasteiger partial charge is 0.207 e. The maximum atomic E-state index is 10.7. The predicted molar refractivity (Wildman–Crippen MR) is 115 cm³/mol. The van der Waals surface area contributed by atoms with Gasteiger partial charge in [-0.15, -0.1) is 0 Å². The van der Waals surface area contributed by atoms with Gasteiger partial charge in [-0.25, -0.2) is 0 Å². The Morgan fingerprint density at radius 3 is 2.59 bits per heavy atom. The minimum Gasteiger partial charge on any atom is -0.381 e. The molecule has 1 aromatic heterocycles. The SMILES string of the molecule is CC.CCCCC(CNC=O)N1CCC(Nc2cnccc2C(C)C)CC1. The van der Waals surface area contributed by atoms with Crippen molar-refractivity contribution in [2.24, 2.45) is 0 Å². The predicted octanol–water partition coefficient (Wildman–Crippen LogP) is 4.41. The second kappa shape index (κ2) is 13.5. The van der Waals surface area contributed by atoms with Crippen LogP contribution in [0.2, 0.25) is 0 Å². The Labute approximate surface area is 166 Å². The number of carbonyl (C=O) groups excluding carboxylic acids is 1. The van der Waals surface area contributed by atoms with Crippen LogP contribution in [0.3, 0.4) is 0 Å². The highest BCUT2D eigenvalue weighted by Crippen LogP contribution is 2.26. The first-order chi connectivity index (χ1) is 13.2. The number of anilines is 1. The van der Waals surface area contributed by atoms with Crippen molar-refractivity contribution in [1.82, 2.24) is 15.2 Å². The molecule has 0 saturated carbocycles. The van der Waals surface area contributed by atoms with E-state index in [1.165, 1.54) is 24.1 Å². The summed E-state index contributed by atoms with van der Waals surface area (Å²) in [4.78, 5) is 17.5. The molecule has 1 aromatic rings. The molecule has 154 valence electrons. The Morgan fingerprint density at radius 2 is 2.00 bits per heavy atom. The summed E-state index contributed by atoms with van der Waals surface area (Å²) >= 11 is 0. The van der Waals surface area contributed by atoms with Gasteiger partial charge < -0.3 is 10.6 Å². The molecule has 2 heterocycles. The average molecular weight is 377 g/mol. The van der Waals surface area contributed by atoms with Crippen LogP contribution in [-0.2, 0) is 4.79 Å². The summed E-state index contributed by atoms with van der Waals surface area (Å²) in [6.07, 6.45) is 10.5. The van der Waals surface area contributed by atoms with E-state index >= 15 is 0 Å². The number of likely N-dealkylation sites (tertiary alicyclic amines) is 1. The zero-order valence-electron chi connectivity index (χ0n) is 18.0. The van der Waals surface area contributed by atoms with Crippen LogP contribution in [0.25, 0.3) is 0 Å². The van der Waals surface area contributed by atoms with Gasteiger partial charge in [-0.1, -0.05) is 47.5 Å². The van der Waals surface area contributed by atoms with Gasteiger partial charge in [0.2, 0.25) is 6.41 Å². The normalized spacial score (nSPS) is 16.4. The molecule has 1 amide bonds. The van der Waals surface area contributed by atoms with Crippen LogP contribution in [0, 0.1) is 0 Å². The van der Waals surface area contributed by atoms with Crippen molar-refractivity contribution in [3.05, 3.63) is 24.0 Å². The zero-order valence-corrected chi connectivity index (χ0v) is 18.0. The van der Waals surface area contributed by atoms with Gasteiger partial charge in [0.15, 0.2) is 0 Å². The molecule has 0 aromatic carbocycles. The fourth-order valence-electron chi connectivity index (χ4n) is 3.70. The van der Waals surface area contributed by atoms with E-state index in [9.17, 15) is 4.79 Å². The largest absolute Gasteiger partial charge is 0.381 e. The Hall–Kier alpha value is -1.62. The standard InChI is InChI=1S/C20H34N4O.C2H6/c1-4-5-6-18(13-22-15-25)24-11-8-17(9-12-24)23-20-14-21-10-7-19(20)16(2)3;1-2/h7,10,14-18,23H,4-6,8-9,11-13H2,1-3H3,(H,22,25);1-2H3. The first-order valence-electron chi connectivity index (χ1n) is 10.8. The Kier molecular flexibility index (Phi) is 11.7. The number of unbranched alkanes of at least 4 members (excludes halogenated alkanes) is 1. The van der Waals surface area contributed by atoms with Crippen molar-refractivity contribution in [3.63, 3.8) is 0 Å². The van der Waals surface area contributed by atoms with E-state index in [0.717, 1.165) is 45.3 Å². The summed E-state index contributed by atoms with van der Waals surface area (Å²) in [5, 5.41) is 6.60. The van der Waals surface area contributed by atoms with Gasteiger partial charge in [0.05, 0.1) is 11.9 Å². The summed E-state index contributed by atoms with van der Waals surface area (Å²) in [6, 6.07) is 3.09. The molecule has 0 aliphatic carbocycles. The quantitative estimate of drug-likeness (QED) is 0.594. The summed E-state index contributed by atoms with van der Waals surface area (Å²) in [5.41, 5.74) is 2.52. The number of nitrogens with zero attached hydrogens (tertiary/aromatic N) is 2. The molecular formula is C22H40N4O. The van der Waals surface area contributed by atoms with E-state index in [1.54, 1.807) is 0 Å².